The third-order valence-corrected chi connectivity index (χ3v) is 8.69. The number of amides is 1. The number of pyridine rings is 2. The lowest BCUT2D eigenvalue weighted by Gasteiger charge is -2.49. The highest BCUT2D eigenvalue weighted by Gasteiger charge is 2.40. The van der Waals surface area contributed by atoms with E-state index in [2.05, 4.69) is 16.8 Å². The van der Waals surface area contributed by atoms with Crippen molar-refractivity contribution in [1.29, 1.82) is 0 Å². The van der Waals surface area contributed by atoms with Gasteiger partial charge in [0.1, 0.15) is 22.0 Å². The first kappa shape index (κ1) is 27.6. The van der Waals surface area contributed by atoms with Crippen molar-refractivity contribution in [3.63, 3.8) is 0 Å². The zero-order valence-electron chi connectivity index (χ0n) is 21.7. The lowest BCUT2D eigenvalue weighted by molar-refractivity contribution is -0.605. The van der Waals surface area contributed by atoms with Gasteiger partial charge in [-0.15, -0.1) is 0 Å². The van der Waals surface area contributed by atoms with E-state index in [9.17, 15) is 14.4 Å². The number of likely N-dealkylation sites (tertiary alicyclic amines) is 2. The minimum atomic E-state index is -0.270. The van der Waals surface area contributed by atoms with Crippen LogP contribution in [0.15, 0.2) is 61.1 Å². The van der Waals surface area contributed by atoms with Crippen molar-refractivity contribution in [2.24, 2.45) is 5.92 Å². The van der Waals surface area contributed by atoms with Crippen LogP contribution < -0.4 is 9.47 Å². The van der Waals surface area contributed by atoms with Crippen LogP contribution >= 0.6 is 23.2 Å². The van der Waals surface area contributed by atoms with Gasteiger partial charge >= 0.3 is 0 Å². The molecule has 2 aliphatic heterocycles. The Labute approximate surface area is 237 Å². The third-order valence-electron chi connectivity index (χ3n) is 8.12. The van der Waals surface area contributed by atoms with Gasteiger partial charge in [0.05, 0.1) is 5.56 Å². The molecule has 1 atom stereocenters. The predicted octanol–water partition coefficient (Wildman–Crippen LogP) is 5.69. The van der Waals surface area contributed by atoms with E-state index < -0.39 is 0 Å². The van der Waals surface area contributed by atoms with Crippen molar-refractivity contribution in [3.05, 3.63) is 93.3 Å². The van der Waals surface area contributed by atoms with Crippen molar-refractivity contribution in [2.75, 3.05) is 26.2 Å². The third kappa shape index (κ3) is 6.13. The molecular formula is C29H31Cl2FN4O3. The molecule has 0 aliphatic carbocycles. The van der Waals surface area contributed by atoms with E-state index >= 15 is 0 Å². The fourth-order valence-electron chi connectivity index (χ4n) is 5.75. The number of hydrogen-bond donors (Lipinski definition) is 0. The summed E-state index contributed by atoms with van der Waals surface area (Å²) in [5, 5.41) is 11.7. The number of ether oxygens (including phenoxy) is 1. The molecule has 0 N–H and O–H groups in total. The van der Waals surface area contributed by atoms with Crippen LogP contribution in [0.3, 0.4) is 0 Å². The smallest absolute Gasteiger partial charge is 0.257 e. The summed E-state index contributed by atoms with van der Waals surface area (Å²) in [6.45, 7) is 5.22. The molecule has 206 valence electrons. The van der Waals surface area contributed by atoms with Gasteiger partial charge in [-0.3, -0.25) is 9.69 Å². The number of benzene rings is 1. The maximum atomic E-state index is 13.6. The molecule has 2 aliphatic rings. The van der Waals surface area contributed by atoms with Gasteiger partial charge < -0.3 is 14.8 Å². The minimum absolute atomic E-state index is 0.0444. The van der Waals surface area contributed by atoms with Crippen LogP contribution in [0.2, 0.25) is 10.0 Å². The van der Waals surface area contributed by atoms with Gasteiger partial charge in [0.2, 0.25) is 5.88 Å². The lowest BCUT2D eigenvalue weighted by atomic mass is 9.82. The predicted molar refractivity (Wildman–Crippen MR) is 147 cm³/mol. The Kier molecular flexibility index (Phi) is 8.26. The maximum absolute atomic E-state index is 13.6. The highest BCUT2D eigenvalue weighted by atomic mass is 35.5. The standard InChI is InChI=1S/C29H31Cl2FN4O3/c1-29(11-16-34(17-12-29)28(37)26-23(30)18-36(38)19-24(26)31)35-14-9-21(10-15-35)27(20-5-7-22(32)8-6-20)39-25-4-2-3-13-33-25/h2-8,13,18-19,21,27H,9-12,14-17H2,1H3. The molecule has 0 saturated carbocycles. The molecule has 0 radical (unpaired) electrons. The van der Waals surface area contributed by atoms with Crippen molar-refractivity contribution >= 4 is 29.1 Å². The summed E-state index contributed by atoms with van der Waals surface area (Å²) in [6.07, 6.45) is 7.28. The summed E-state index contributed by atoms with van der Waals surface area (Å²) < 4.78 is 20.5. The summed E-state index contributed by atoms with van der Waals surface area (Å²) in [5.74, 6) is 0.293. The number of hydrogen-bond acceptors (Lipinski definition) is 5. The SMILES string of the molecule is CC1(N2CCC(C(Oc3ccccn3)c3ccc(F)cc3)CC2)CCN(C(=O)c2c(Cl)c[n+]([O-])cc2Cl)CC1. The second-order valence-electron chi connectivity index (χ2n) is 10.6. The summed E-state index contributed by atoms with van der Waals surface area (Å²) in [6, 6.07) is 12.1. The molecule has 39 heavy (non-hydrogen) atoms. The van der Waals surface area contributed by atoms with E-state index in [1.807, 2.05) is 18.2 Å². The fraction of sp³-hybridized carbons (Fsp3) is 0.414. The number of carbonyl (C=O) groups excluding carboxylic acids is 1. The normalized spacial score (nSPS) is 19.0. The summed E-state index contributed by atoms with van der Waals surface area (Å²) in [7, 11) is 0. The van der Waals surface area contributed by atoms with Gasteiger partial charge in [-0.05, 0) is 69.5 Å². The van der Waals surface area contributed by atoms with Crippen LogP contribution in [0.1, 0.15) is 54.6 Å². The number of nitrogens with zero attached hydrogens (tertiary/aromatic N) is 4. The summed E-state index contributed by atoms with van der Waals surface area (Å²) in [4.78, 5) is 21.8. The van der Waals surface area contributed by atoms with E-state index in [0.29, 0.717) is 23.7 Å². The maximum Gasteiger partial charge on any atom is 0.257 e. The van der Waals surface area contributed by atoms with Crippen LogP contribution in [0, 0.1) is 16.9 Å². The van der Waals surface area contributed by atoms with Crippen molar-refractivity contribution < 1.29 is 18.7 Å². The van der Waals surface area contributed by atoms with Gasteiger partial charge in [-0.1, -0.05) is 41.4 Å². The van der Waals surface area contributed by atoms with E-state index in [1.54, 1.807) is 23.2 Å². The molecule has 5 rings (SSSR count). The van der Waals surface area contributed by atoms with E-state index in [1.165, 1.54) is 12.1 Å². The van der Waals surface area contributed by atoms with Crippen LogP contribution in [0.4, 0.5) is 4.39 Å². The number of rotatable bonds is 6. The van der Waals surface area contributed by atoms with Crippen LogP contribution in [-0.2, 0) is 0 Å². The average molecular weight is 573 g/mol. The van der Waals surface area contributed by atoms with Crippen LogP contribution in [0.5, 0.6) is 5.88 Å². The molecule has 2 saturated heterocycles. The second-order valence-corrected chi connectivity index (χ2v) is 11.4. The van der Waals surface area contributed by atoms with Crippen molar-refractivity contribution in [1.82, 2.24) is 14.8 Å². The Morgan fingerprint density at radius 1 is 1.08 bits per heavy atom. The Hall–Kier alpha value is -2.94. The largest absolute Gasteiger partial charge is 0.619 e. The van der Waals surface area contributed by atoms with E-state index in [-0.39, 0.29) is 44.9 Å². The summed E-state index contributed by atoms with van der Waals surface area (Å²) >= 11 is 12.4. The first-order chi connectivity index (χ1) is 18.7. The molecule has 2 fully saturated rings. The molecule has 3 aromatic rings. The molecule has 0 bridgehead atoms. The molecule has 0 spiro atoms. The monoisotopic (exact) mass is 572 g/mol. The molecule has 7 nitrogen and oxygen atoms in total. The van der Waals surface area contributed by atoms with Gasteiger partial charge in [0.25, 0.3) is 5.91 Å². The van der Waals surface area contributed by atoms with Crippen molar-refractivity contribution in [3.8, 4) is 5.88 Å². The first-order valence-corrected chi connectivity index (χ1v) is 13.9. The van der Waals surface area contributed by atoms with E-state index in [0.717, 1.165) is 56.7 Å². The Morgan fingerprint density at radius 2 is 1.72 bits per heavy atom. The van der Waals surface area contributed by atoms with Gasteiger partial charge in [0, 0.05) is 36.8 Å². The number of piperidine rings is 2. The topological polar surface area (TPSA) is 72.6 Å². The first-order valence-electron chi connectivity index (χ1n) is 13.2. The highest BCUT2D eigenvalue weighted by Crippen LogP contribution is 2.39. The van der Waals surface area contributed by atoms with Gasteiger partial charge in [-0.25, -0.2) is 9.37 Å². The Balaban J connectivity index is 1.22. The Morgan fingerprint density at radius 3 is 2.31 bits per heavy atom. The molecule has 1 aromatic carbocycles. The summed E-state index contributed by atoms with van der Waals surface area (Å²) in [5.41, 5.74) is 1.07. The Bertz CT molecular complexity index is 1270. The van der Waals surface area contributed by atoms with Crippen LogP contribution in [0.25, 0.3) is 0 Å². The lowest BCUT2D eigenvalue weighted by Crippen LogP contribution is -2.56. The fourth-order valence-corrected chi connectivity index (χ4v) is 6.36. The molecular weight excluding hydrogens is 542 g/mol. The quantitative estimate of drug-likeness (QED) is 0.280. The number of halogens is 3. The number of carbonyl (C=O) groups is 1. The van der Waals surface area contributed by atoms with Gasteiger partial charge in [0.15, 0.2) is 12.4 Å². The average Bonchev–Trinajstić information content (AvgIpc) is 2.93. The molecule has 1 unspecified atom stereocenters. The molecule has 4 heterocycles. The van der Waals surface area contributed by atoms with Crippen molar-refractivity contribution in [2.45, 2.75) is 44.2 Å². The zero-order valence-corrected chi connectivity index (χ0v) is 23.2. The zero-order chi connectivity index (χ0) is 27.6. The minimum Gasteiger partial charge on any atom is -0.619 e. The highest BCUT2D eigenvalue weighted by molar-refractivity contribution is 6.39. The second kappa shape index (κ2) is 11.7. The molecule has 10 heteroatoms. The molecule has 2 aromatic heterocycles. The van der Waals surface area contributed by atoms with E-state index in [4.69, 9.17) is 27.9 Å². The molecule has 1 amide bonds. The number of aromatic nitrogens is 2. The van der Waals surface area contributed by atoms with Gasteiger partial charge in [-0.2, -0.15) is 4.73 Å². The van der Waals surface area contributed by atoms with Crippen LogP contribution in [-0.4, -0.2) is 52.4 Å².